The maximum Gasteiger partial charge on any atom is 0 e. The zero-order valence-corrected chi connectivity index (χ0v) is 11.3. The van der Waals surface area contributed by atoms with Crippen LogP contribution < -0.4 is 0 Å². The molecule has 0 aliphatic heterocycles. The predicted octanol–water partition coefficient (Wildman–Crippen LogP) is 2.53. The average molecular weight is 361 g/mol. The molecule has 2 heteroatoms. The standard InChI is InChI=1S/C12H15O.Re/c1-10(2)9-12-5-3-11(4-6-12)7-8-13;/h3-6,10H,7,9H2,1-2H3;/q-1;. The summed E-state index contributed by atoms with van der Waals surface area (Å²) >= 11 is 0. The van der Waals surface area contributed by atoms with Gasteiger partial charge in [0, 0.05) is 20.4 Å². The third kappa shape index (κ3) is 4.70. The monoisotopic (exact) mass is 362 g/mol. The average Bonchev–Trinajstić information content (AvgIpc) is 2.08. The molecule has 77 valence electrons. The molecule has 0 atom stereocenters. The summed E-state index contributed by atoms with van der Waals surface area (Å²) in [5.41, 5.74) is 2.38. The van der Waals surface area contributed by atoms with Gasteiger partial charge in [0.2, 0.25) is 0 Å². The van der Waals surface area contributed by atoms with Gasteiger partial charge < -0.3 is 4.79 Å². The van der Waals surface area contributed by atoms with Crippen LogP contribution in [0.25, 0.3) is 0 Å². The molecule has 0 saturated heterocycles. The van der Waals surface area contributed by atoms with Gasteiger partial charge >= 0.3 is 0 Å². The van der Waals surface area contributed by atoms with E-state index >= 15 is 0 Å². The second-order valence-corrected chi connectivity index (χ2v) is 3.74. The molecule has 0 aromatic heterocycles. The number of hydrogen-bond acceptors (Lipinski definition) is 1. The Morgan fingerprint density at radius 2 is 1.64 bits per heavy atom. The van der Waals surface area contributed by atoms with Crippen molar-refractivity contribution in [3.63, 3.8) is 0 Å². The summed E-state index contributed by atoms with van der Waals surface area (Å²) in [7, 11) is 0. The molecule has 1 aromatic carbocycles. The van der Waals surface area contributed by atoms with Crippen molar-refractivity contribution in [1.29, 1.82) is 0 Å². The summed E-state index contributed by atoms with van der Waals surface area (Å²) in [6, 6.07) is 8.19. The molecule has 1 radical (unpaired) electrons. The van der Waals surface area contributed by atoms with Gasteiger partial charge in [-0.2, -0.15) is 0 Å². The van der Waals surface area contributed by atoms with Crippen LogP contribution >= 0.6 is 0 Å². The molecule has 0 bridgehead atoms. The minimum atomic E-state index is 0. The zero-order valence-electron chi connectivity index (χ0n) is 8.59. The molecule has 0 N–H and O–H groups in total. The quantitative estimate of drug-likeness (QED) is 0.754. The molecule has 0 unspecified atom stereocenters. The van der Waals surface area contributed by atoms with E-state index in [4.69, 9.17) is 0 Å². The number of rotatable bonds is 4. The molecule has 0 saturated carbocycles. The van der Waals surface area contributed by atoms with Gasteiger partial charge in [-0.15, -0.1) is 6.42 Å². The first-order chi connectivity index (χ1) is 6.22. The third-order valence-electron chi connectivity index (χ3n) is 1.94. The van der Waals surface area contributed by atoms with Gasteiger partial charge in [-0.3, -0.25) is 6.29 Å². The Hall–Kier alpha value is -0.448. The first kappa shape index (κ1) is 13.6. The topological polar surface area (TPSA) is 17.1 Å². The number of carbonyl (C=O) groups excluding carboxylic acids is 1. The first-order valence-corrected chi connectivity index (χ1v) is 4.65. The molecular weight excluding hydrogens is 346 g/mol. The van der Waals surface area contributed by atoms with Crippen LogP contribution in [0.15, 0.2) is 24.3 Å². The molecule has 0 aliphatic carbocycles. The van der Waals surface area contributed by atoms with Crippen molar-refractivity contribution in [2.45, 2.75) is 26.7 Å². The van der Waals surface area contributed by atoms with Crippen molar-refractivity contribution >= 4 is 6.29 Å². The van der Waals surface area contributed by atoms with Gasteiger partial charge in [0.15, 0.2) is 0 Å². The maximum absolute atomic E-state index is 10.1. The van der Waals surface area contributed by atoms with Gasteiger partial charge in [-0.25, -0.2) is 0 Å². The first-order valence-electron chi connectivity index (χ1n) is 4.65. The van der Waals surface area contributed by atoms with Crippen LogP contribution in [-0.4, -0.2) is 6.29 Å². The summed E-state index contributed by atoms with van der Waals surface area (Å²) in [6.45, 7) is 4.40. The van der Waals surface area contributed by atoms with Crippen LogP contribution in [0.2, 0.25) is 0 Å². The molecule has 1 rings (SSSR count). The van der Waals surface area contributed by atoms with E-state index in [1.54, 1.807) is 0 Å². The molecule has 1 aromatic rings. The van der Waals surface area contributed by atoms with Crippen molar-refractivity contribution in [1.82, 2.24) is 0 Å². The molecular formula is C12H15ORe-. The van der Waals surface area contributed by atoms with E-state index < -0.39 is 0 Å². The van der Waals surface area contributed by atoms with Crippen molar-refractivity contribution < 1.29 is 25.2 Å². The van der Waals surface area contributed by atoms with Gasteiger partial charge in [-0.1, -0.05) is 43.7 Å². The summed E-state index contributed by atoms with van der Waals surface area (Å²) in [6.07, 6.45) is 3.40. The van der Waals surface area contributed by atoms with Crippen LogP contribution in [0.1, 0.15) is 25.0 Å². The van der Waals surface area contributed by atoms with E-state index in [1.165, 1.54) is 5.56 Å². The molecule has 0 spiro atoms. The Labute approximate surface area is 99.6 Å². The zero-order chi connectivity index (χ0) is 9.68. The fraction of sp³-hybridized carbons (Fsp3) is 0.417. The Morgan fingerprint density at radius 1 is 1.14 bits per heavy atom. The SMILES string of the molecule is CC(C)Cc1ccc(C[C-]=O)cc1.[Re]. The van der Waals surface area contributed by atoms with Gasteiger partial charge in [0.25, 0.3) is 0 Å². The van der Waals surface area contributed by atoms with Crippen LogP contribution in [0.3, 0.4) is 0 Å². The molecule has 0 heterocycles. The Bertz CT molecular complexity index is 264. The van der Waals surface area contributed by atoms with E-state index in [-0.39, 0.29) is 20.4 Å². The van der Waals surface area contributed by atoms with Crippen molar-refractivity contribution in [2.24, 2.45) is 5.92 Å². The van der Waals surface area contributed by atoms with Gasteiger partial charge in [0.05, 0.1) is 0 Å². The smallest absolute Gasteiger partial charge is 0 e. The van der Waals surface area contributed by atoms with Crippen molar-refractivity contribution in [3.05, 3.63) is 35.4 Å². The minimum Gasteiger partial charge on any atom is -0.541 e. The summed E-state index contributed by atoms with van der Waals surface area (Å²) in [5.74, 6) is 0.684. The van der Waals surface area contributed by atoms with E-state index in [0.717, 1.165) is 12.0 Å². The second kappa shape index (κ2) is 6.93. The van der Waals surface area contributed by atoms with E-state index in [2.05, 4.69) is 26.0 Å². The molecule has 0 aliphatic rings. The predicted molar refractivity (Wildman–Crippen MR) is 54.4 cm³/mol. The number of hydrogen-bond donors (Lipinski definition) is 0. The van der Waals surface area contributed by atoms with Crippen molar-refractivity contribution in [2.75, 3.05) is 0 Å². The van der Waals surface area contributed by atoms with Crippen LogP contribution in [0.4, 0.5) is 0 Å². The van der Waals surface area contributed by atoms with Crippen LogP contribution in [0.5, 0.6) is 0 Å². The third-order valence-corrected chi connectivity index (χ3v) is 1.94. The fourth-order valence-corrected chi connectivity index (χ4v) is 1.35. The molecule has 0 amide bonds. The van der Waals surface area contributed by atoms with Gasteiger partial charge in [0.1, 0.15) is 0 Å². The largest absolute Gasteiger partial charge is 0.541 e. The van der Waals surface area contributed by atoms with Crippen LogP contribution in [-0.2, 0) is 38.1 Å². The fourth-order valence-electron chi connectivity index (χ4n) is 1.35. The molecule has 14 heavy (non-hydrogen) atoms. The van der Waals surface area contributed by atoms with E-state index in [9.17, 15) is 4.79 Å². The summed E-state index contributed by atoms with van der Waals surface area (Å²) in [5, 5.41) is 0. The van der Waals surface area contributed by atoms with Crippen molar-refractivity contribution in [3.8, 4) is 0 Å². The number of benzene rings is 1. The second-order valence-electron chi connectivity index (χ2n) is 3.74. The van der Waals surface area contributed by atoms with Gasteiger partial charge in [-0.05, 0) is 17.9 Å². The Balaban J connectivity index is 0.00000169. The Kier molecular flexibility index (Phi) is 6.70. The maximum atomic E-state index is 10.1. The summed E-state index contributed by atoms with van der Waals surface area (Å²) in [4.78, 5) is 10.1. The van der Waals surface area contributed by atoms with Crippen LogP contribution in [0, 0.1) is 5.92 Å². The summed E-state index contributed by atoms with van der Waals surface area (Å²) < 4.78 is 0. The van der Waals surface area contributed by atoms with E-state index in [0.29, 0.717) is 12.3 Å². The molecule has 0 fully saturated rings. The van der Waals surface area contributed by atoms with E-state index in [1.807, 2.05) is 18.4 Å². The molecule has 1 nitrogen and oxygen atoms in total. The minimum absolute atomic E-state index is 0. The Morgan fingerprint density at radius 3 is 2.07 bits per heavy atom. The normalized spacial score (nSPS) is 9.64.